The zero-order valence-electron chi connectivity index (χ0n) is 9.56. The molecule has 1 rings (SSSR count). The molecule has 1 amide bonds. The number of piperidine rings is 1. The summed E-state index contributed by atoms with van der Waals surface area (Å²) in [5.41, 5.74) is 5.57. The molecule has 0 saturated carbocycles. The summed E-state index contributed by atoms with van der Waals surface area (Å²) in [5, 5.41) is 11.6. The Balaban J connectivity index is 2.47. The van der Waals surface area contributed by atoms with Gasteiger partial charge in [-0.25, -0.2) is 0 Å². The molecular formula is C10H19N3O2S. The lowest BCUT2D eigenvalue weighted by Crippen LogP contribution is -2.44. The van der Waals surface area contributed by atoms with Gasteiger partial charge in [-0.1, -0.05) is 5.16 Å². The average molecular weight is 245 g/mol. The number of oxime groups is 1. The zero-order chi connectivity index (χ0) is 12.0. The summed E-state index contributed by atoms with van der Waals surface area (Å²) in [7, 11) is 0. The van der Waals surface area contributed by atoms with Crippen LogP contribution >= 0.6 is 11.8 Å². The number of nitrogens with zero attached hydrogens (tertiary/aromatic N) is 2. The van der Waals surface area contributed by atoms with Crippen molar-refractivity contribution in [2.24, 2.45) is 16.8 Å². The van der Waals surface area contributed by atoms with E-state index in [0.717, 1.165) is 25.1 Å². The highest BCUT2D eigenvalue weighted by molar-refractivity contribution is 7.98. The van der Waals surface area contributed by atoms with Crippen LogP contribution in [0.5, 0.6) is 0 Å². The van der Waals surface area contributed by atoms with Gasteiger partial charge < -0.3 is 15.8 Å². The smallest absolute Gasteiger partial charge is 0.223 e. The van der Waals surface area contributed by atoms with E-state index in [1.807, 2.05) is 11.2 Å². The monoisotopic (exact) mass is 245 g/mol. The number of hydrogen-bond acceptors (Lipinski definition) is 4. The lowest BCUT2D eigenvalue weighted by atomic mass is 9.97. The average Bonchev–Trinajstić information content (AvgIpc) is 2.35. The van der Waals surface area contributed by atoms with Gasteiger partial charge in [-0.3, -0.25) is 4.79 Å². The molecule has 0 aliphatic carbocycles. The molecule has 3 N–H and O–H groups in total. The normalized spacial score (nSPS) is 22.2. The minimum atomic E-state index is 0.0111. The van der Waals surface area contributed by atoms with E-state index < -0.39 is 0 Å². The first-order valence-corrected chi connectivity index (χ1v) is 6.82. The third kappa shape index (κ3) is 3.59. The molecule has 1 saturated heterocycles. The molecule has 5 nitrogen and oxygen atoms in total. The fraction of sp³-hybridized carbons (Fsp3) is 0.800. The maximum Gasteiger partial charge on any atom is 0.223 e. The van der Waals surface area contributed by atoms with Crippen LogP contribution in [-0.4, -0.2) is 46.9 Å². The van der Waals surface area contributed by atoms with Crippen LogP contribution in [0, 0.1) is 5.92 Å². The Morgan fingerprint density at radius 1 is 1.69 bits per heavy atom. The molecular weight excluding hydrogens is 226 g/mol. The minimum absolute atomic E-state index is 0.0111. The largest absolute Gasteiger partial charge is 0.409 e. The van der Waals surface area contributed by atoms with Gasteiger partial charge >= 0.3 is 0 Å². The molecule has 92 valence electrons. The fourth-order valence-electron chi connectivity index (χ4n) is 1.87. The molecule has 0 aromatic heterocycles. The second-order valence-electron chi connectivity index (χ2n) is 3.95. The van der Waals surface area contributed by atoms with Crippen molar-refractivity contribution in [2.45, 2.75) is 19.3 Å². The number of carbonyl (C=O) groups excluding carboxylic acids is 1. The van der Waals surface area contributed by atoms with Crippen molar-refractivity contribution >= 4 is 23.5 Å². The fourth-order valence-corrected chi connectivity index (χ4v) is 2.25. The number of hydrogen-bond donors (Lipinski definition) is 2. The molecule has 0 aromatic rings. The number of likely N-dealkylation sites (tertiary alicyclic amines) is 1. The number of amides is 1. The Morgan fingerprint density at radius 2 is 2.44 bits per heavy atom. The van der Waals surface area contributed by atoms with Crippen molar-refractivity contribution < 1.29 is 10.0 Å². The van der Waals surface area contributed by atoms with Crippen molar-refractivity contribution in [1.82, 2.24) is 4.90 Å². The molecule has 1 aliphatic heterocycles. The summed E-state index contributed by atoms with van der Waals surface area (Å²) in [6.07, 6.45) is 4.38. The van der Waals surface area contributed by atoms with Gasteiger partial charge in [-0.15, -0.1) is 0 Å². The Labute approximate surface area is 100 Å². The van der Waals surface area contributed by atoms with Gasteiger partial charge in [0.25, 0.3) is 0 Å². The number of thioether (sulfide) groups is 1. The maximum atomic E-state index is 11.8. The second kappa shape index (κ2) is 6.62. The van der Waals surface area contributed by atoms with Crippen LogP contribution in [0.15, 0.2) is 5.16 Å². The van der Waals surface area contributed by atoms with E-state index in [0.29, 0.717) is 13.0 Å². The van der Waals surface area contributed by atoms with Crippen LogP contribution in [0.1, 0.15) is 19.3 Å². The van der Waals surface area contributed by atoms with Gasteiger partial charge in [0.1, 0.15) is 5.84 Å². The van der Waals surface area contributed by atoms with Crippen LogP contribution in [0.3, 0.4) is 0 Å². The Hall–Kier alpha value is -0.910. The maximum absolute atomic E-state index is 11.8. The number of rotatable bonds is 4. The van der Waals surface area contributed by atoms with Gasteiger partial charge in [0, 0.05) is 31.2 Å². The molecule has 0 bridgehead atoms. The highest BCUT2D eigenvalue weighted by atomic mass is 32.2. The molecule has 1 fully saturated rings. The molecule has 1 aliphatic rings. The summed E-state index contributed by atoms with van der Waals surface area (Å²) < 4.78 is 0. The number of amidine groups is 1. The van der Waals surface area contributed by atoms with Gasteiger partial charge in [-0.2, -0.15) is 11.8 Å². The topological polar surface area (TPSA) is 78.9 Å². The molecule has 6 heteroatoms. The first-order valence-electron chi connectivity index (χ1n) is 5.43. The van der Waals surface area contributed by atoms with Gasteiger partial charge in [-0.05, 0) is 19.1 Å². The number of carbonyl (C=O) groups is 1. The van der Waals surface area contributed by atoms with E-state index in [1.54, 1.807) is 11.8 Å². The molecule has 1 heterocycles. The Kier molecular flexibility index (Phi) is 5.45. The summed E-state index contributed by atoms with van der Waals surface area (Å²) >= 11 is 1.67. The van der Waals surface area contributed by atoms with Crippen LogP contribution in [0.4, 0.5) is 0 Å². The second-order valence-corrected chi connectivity index (χ2v) is 4.93. The standard InChI is InChI=1S/C10H19N3O2S/c1-16-6-4-9(14)13-5-2-3-8(7-13)10(11)12-15/h8,15H,2-7H2,1H3,(H2,11,12). The first kappa shape index (κ1) is 13.2. The minimum Gasteiger partial charge on any atom is -0.409 e. The van der Waals surface area contributed by atoms with Crippen LogP contribution in [0.2, 0.25) is 0 Å². The highest BCUT2D eigenvalue weighted by Crippen LogP contribution is 2.17. The molecule has 0 spiro atoms. The van der Waals surface area contributed by atoms with Crippen molar-refractivity contribution in [2.75, 3.05) is 25.1 Å². The number of nitrogens with two attached hydrogens (primary N) is 1. The molecule has 1 atom stereocenters. The Bertz CT molecular complexity index is 271. The zero-order valence-corrected chi connectivity index (χ0v) is 10.4. The van der Waals surface area contributed by atoms with Crippen molar-refractivity contribution in [3.05, 3.63) is 0 Å². The Morgan fingerprint density at radius 3 is 3.06 bits per heavy atom. The quantitative estimate of drug-likeness (QED) is 0.331. The lowest BCUT2D eigenvalue weighted by Gasteiger charge is -2.32. The summed E-state index contributed by atoms with van der Waals surface area (Å²) in [4.78, 5) is 13.6. The van der Waals surface area contributed by atoms with Crippen LogP contribution < -0.4 is 5.73 Å². The predicted molar refractivity (Wildman–Crippen MR) is 65.7 cm³/mol. The van der Waals surface area contributed by atoms with Crippen molar-refractivity contribution in [3.8, 4) is 0 Å². The third-order valence-corrected chi connectivity index (χ3v) is 3.44. The van der Waals surface area contributed by atoms with Gasteiger partial charge in [0.2, 0.25) is 5.91 Å². The molecule has 0 aromatic carbocycles. The van der Waals surface area contributed by atoms with Gasteiger partial charge in [0.05, 0.1) is 0 Å². The van der Waals surface area contributed by atoms with E-state index in [4.69, 9.17) is 10.9 Å². The van der Waals surface area contributed by atoms with E-state index in [1.165, 1.54) is 0 Å². The molecule has 16 heavy (non-hydrogen) atoms. The van der Waals surface area contributed by atoms with Crippen molar-refractivity contribution in [3.63, 3.8) is 0 Å². The highest BCUT2D eigenvalue weighted by Gasteiger charge is 2.25. The SMILES string of the molecule is CSCCC(=O)N1CCCC(C(N)=NO)C1. The van der Waals surface area contributed by atoms with Crippen LogP contribution in [-0.2, 0) is 4.79 Å². The molecule has 0 radical (unpaired) electrons. The van der Waals surface area contributed by atoms with E-state index in [-0.39, 0.29) is 17.7 Å². The third-order valence-electron chi connectivity index (χ3n) is 2.83. The van der Waals surface area contributed by atoms with Gasteiger partial charge in [0.15, 0.2) is 0 Å². The lowest BCUT2D eigenvalue weighted by molar-refractivity contribution is -0.132. The van der Waals surface area contributed by atoms with Crippen LogP contribution in [0.25, 0.3) is 0 Å². The van der Waals surface area contributed by atoms with E-state index >= 15 is 0 Å². The predicted octanol–water partition coefficient (Wildman–Crippen LogP) is 0.725. The van der Waals surface area contributed by atoms with E-state index in [9.17, 15) is 4.79 Å². The first-order chi connectivity index (χ1) is 7.69. The summed E-state index contributed by atoms with van der Waals surface area (Å²) in [6, 6.07) is 0. The van der Waals surface area contributed by atoms with E-state index in [2.05, 4.69) is 5.16 Å². The summed E-state index contributed by atoms with van der Waals surface area (Å²) in [6.45, 7) is 1.38. The summed E-state index contributed by atoms with van der Waals surface area (Å²) in [5.74, 6) is 1.27. The molecule has 1 unspecified atom stereocenters. The van der Waals surface area contributed by atoms with Crippen molar-refractivity contribution in [1.29, 1.82) is 0 Å².